The molecule has 0 spiro atoms. The molecule has 7 heteroatoms. The molecule has 0 aromatic heterocycles. The standard InChI is InChI=1S/C16H20ClF3N2O/c1-10(2)22-7-5-12(6-8-22)21-15(23)13-4-3-11(9-14(13)17)16(18,19)20/h3-4,9-10,12H,5-8H2,1-2H3,(H,21,23). The second-order valence-corrected chi connectivity index (χ2v) is 6.48. The summed E-state index contributed by atoms with van der Waals surface area (Å²) in [6.45, 7) is 6.04. The predicted octanol–water partition coefficient (Wildman–Crippen LogP) is 3.96. The fraction of sp³-hybridized carbons (Fsp3) is 0.562. The first-order valence-corrected chi connectivity index (χ1v) is 7.98. The van der Waals surface area contributed by atoms with Gasteiger partial charge in [-0.15, -0.1) is 0 Å². The summed E-state index contributed by atoms with van der Waals surface area (Å²) >= 11 is 5.84. The quantitative estimate of drug-likeness (QED) is 0.896. The van der Waals surface area contributed by atoms with Crippen molar-refractivity contribution in [2.24, 2.45) is 0 Å². The SMILES string of the molecule is CC(C)N1CCC(NC(=O)c2ccc(C(F)(F)F)cc2Cl)CC1. The minimum absolute atomic E-state index is 0.0239. The minimum Gasteiger partial charge on any atom is -0.349 e. The molecule has 1 N–H and O–H groups in total. The first-order chi connectivity index (χ1) is 10.7. The van der Waals surface area contributed by atoms with E-state index in [1.807, 2.05) is 0 Å². The predicted molar refractivity (Wildman–Crippen MR) is 83.7 cm³/mol. The number of hydrogen-bond donors (Lipinski definition) is 1. The van der Waals surface area contributed by atoms with E-state index in [9.17, 15) is 18.0 Å². The van der Waals surface area contributed by atoms with Gasteiger partial charge in [-0.25, -0.2) is 0 Å². The van der Waals surface area contributed by atoms with Crippen LogP contribution in [0.3, 0.4) is 0 Å². The molecule has 0 aliphatic carbocycles. The van der Waals surface area contributed by atoms with Crippen molar-refractivity contribution < 1.29 is 18.0 Å². The van der Waals surface area contributed by atoms with Gasteiger partial charge in [-0.05, 0) is 44.9 Å². The Kier molecular flexibility index (Phi) is 5.57. The Morgan fingerprint density at radius 2 is 1.91 bits per heavy atom. The van der Waals surface area contributed by atoms with Gasteiger partial charge in [0.2, 0.25) is 0 Å². The fourth-order valence-electron chi connectivity index (χ4n) is 2.70. The molecule has 1 saturated heterocycles. The number of hydrogen-bond acceptors (Lipinski definition) is 2. The average Bonchev–Trinajstić information content (AvgIpc) is 2.46. The van der Waals surface area contributed by atoms with Gasteiger partial charge in [0.15, 0.2) is 0 Å². The van der Waals surface area contributed by atoms with Crippen LogP contribution in [0.4, 0.5) is 13.2 Å². The number of amides is 1. The molecule has 1 heterocycles. The molecule has 0 atom stereocenters. The van der Waals surface area contributed by atoms with Crippen LogP contribution in [0.25, 0.3) is 0 Å². The van der Waals surface area contributed by atoms with Crippen LogP contribution in [0.1, 0.15) is 42.6 Å². The summed E-state index contributed by atoms with van der Waals surface area (Å²) in [5.74, 6) is -0.424. The first-order valence-electron chi connectivity index (χ1n) is 7.60. The van der Waals surface area contributed by atoms with Gasteiger partial charge >= 0.3 is 6.18 Å². The lowest BCUT2D eigenvalue weighted by Crippen LogP contribution is -2.46. The number of alkyl halides is 3. The van der Waals surface area contributed by atoms with Crippen LogP contribution in [0.2, 0.25) is 5.02 Å². The van der Waals surface area contributed by atoms with E-state index in [1.165, 1.54) is 0 Å². The second kappa shape index (κ2) is 7.09. The Bertz CT molecular complexity index is 567. The molecule has 0 bridgehead atoms. The molecule has 0 saturated carbocycles. The fourth-order valence-corrected chi connectivity index (χ4v) is 2.97. The molecule has 0 unspecified atom stereocenters. The van der Waals surface area contributed by atoms with E-state index in [4.69, 9.17) is 11.6 Å². The van der Waals surface area contributed by atoms with Gasteiger partial charge in [0.05, 0.1) is 16.1 Å². The molecule has 3 nitrogen and oxygen atoms in total. The molecular formula is C16H20ClF3N2O. The van der Waals surface area contributed by atoms with Crippen molar-refractivity contribution in [2.75, 3.05) is 13.1 Å². The Morgan fingerprint density at radius 1 is 1.30 bits per heavy atom. The van der Waals surface area contributed by atoms with Gasteiger partial charge in [-0.2, -0.15) is 13.2 Å². The van der Waals surface area contributed by atoms with Crippen LogP contribution in [-0.4, -0.2) is 36.0 Å². The van der Waals surface area contributed by atoms with Gasteiger partial charge in [-0.3, -0.25) is 4.79 Å². The zero-order valence-corrected chi connectivity index (χ0v) is 13.8. The highest BCUT2D eigenvalue weighted by Crippen LogP contribution is 2.32. The Morgan fingerprint density at radius 3 is 2.39 bits per heavy atom. The summed E-state index contributed by atoms with van der Waals surface area (Å²) in [4.78, 5) is 14.5. The minimum atomic E-state index is -4.47. The number of halogens is 4. The molecule has 1 aliphatic rings. The van der Waals surface area contributed by atoms with E-state index in [2.05, 4.69) is 24.1 Å². The van der Waals surface area contributed by atoms with Gasteiger partial charge in [0.25, 0.3) is 5.91 Å². The van der Waals surface area contributed by atoms with Crippen molar-refractivity contribution in [3.05, 3.63) is 34.3 Å². The average molecular weight is 349 g/mol. The number of likely N-dealkylation sites (tertiary alicyclic amines) is 1. The van der Waals surface area contributed by atoms with Crippen molar-refractivity contribution in [3.8, 4) is 0 Å². The summed E-state index contributed by atoms with van der Waals surface area (Å²) in [6, 6.07) is 3.29. The summed E-state index contributed by atoms with van der Waals surface area (Å²) in [6.07, 6.45) is -2.83. The van der Waals surface area contributed by atoms with Gasteiger partial charge in [-0.1, -0.05) is 11.6 Å². The van der Waals surface area contributed by atoms with E-state index in [-0.39, 0.29) is 16.6 Å². The third kappa shape index (κ3) is 4.61. The van der Waals surface area contributed by atoms with Crippen LogP contribution in [0.5, 0.6) is 0 Å². The number of nitrogens with zero attached hydrogens (tertiary/aromatic N) is 1. The smallest absolute Gasteiger partial charge is 0.349 e. The molecule has 23 heavy (non-hydrogen) atoms. The Balaban J connectivity index is 1.99. The van der Waals surface area contributed by atoms with Crippen LogP contribution >= 0.6 is 11.6 Å². The summed E-state index contributed by atoms with van der Waals surface area (Å²) in [5.41, 5.74) is -0.782. The number of rotatable bonds is 3. The second-order valence-electron chi connectivity index (χ2n) is 6.07. The molecule has 1 aromatic rings. The van der Waals surface area contributed by atoms with Crippen molar-refractivity contribution >= 4 is 17.5 Å². The van der Waals surface area contributed by atoms with Crippen molar-refractivity contribution in [2.45, 2.75) is 44.9 Å². The maximum Gasteiger partial charge on any atom is 0.416 e. The lowest BCUT2D eigenvalue weighted by atomic mass is 10.0. The van der Waals surface area contributed by atoms with Crippen LogP contribution in [-0.2, 0) is 6.18 Å². The topological polar surface area (TPSA) is 32.3 Å². The molecule has 1 fully saturated rings. The van der Waals surface area contributed by atoms with E-state index in [1.54, 1.807) is 0 Å². The monoisotopic (exact) mass is 348 g/mol. The van der Waals surface area contributed by atoms with Crippen LogP contribution in [0, 0.1) is 0 Å². The van der Waals surface area contributed by atoms with Crippen molar-refractivity contribution in [1.29, 1.82) is 0 Å². The zero-order chi connectivity index (χ0) is 17.2. The van der Waals surface area contributed by atoms with Crippen molar-refractivity contribution in [3.63, 3.8) is 0 Å². The molecule has 2 rings (SSSR count). The number of carbonyl (C=O) groups excluding carboxylic acids is 1. The van der Waals surface area contributed by atoms with Crippen LogP contribution < -0.4 is 5.32 Å². The van der Waals surface area contributed by atoms with E-state index in [0.717, 1.165) is 44.1 Å². The molecule has 1 aromatic carbocycles. The van der Waals surface area contributed by atoms with E-state index < -0.39 is 17.6 Å². The number of nitrogens with one attached hydrogen (secondary N) is 1. The molecule has 0 radical (unpaired) electrons. The number of piperidine rings is 1. The summed E-state index contributed by atoms with van der Waals surface area (Å²) in [5, 5.41) is 2.68. The number of carbonyl (C=O) groups is 1. The summed E-state index contributed by atoms with van der Waals surface area (Å²) < 4.78 is 37.8. The first kappa shape index (κ1) is 18.1. The normalized spacial score (nSPS) is 17.5. The molecule has 1 amide bonds. The highest BCUT2D eigenvalue weighted by atomic mass is 35.5. The largest absolute Gasteiger partial charge is 0.416 e. The highest BCUT2D eigenvalue weighted by Gasteiger charge is 2.31. The highest BCUT2D eigenvalue weighted by molar-refractivity contribution is 6.33. The molecule has 128 valence electrons. The van der Waals surface area contributed by atoms with Gasteiger partial charge in [0, 0.05) is 25.2 Å². The van der Waals surface area contributed by atoms with Gasteiger partial charge < -0.3 is 10.2 Å². The van der Waals surface area contributed by atoms with E-state index in [0.29, 0.717) is 6.04 Å². The Hall–Kier alpha value is -1.27. The lowest BCUT2D eigenvalue weighted by Gasteiger charge is -2.34. The molecular weight excluding hydrogens is 329 g/mol. The third-order valence-corrected chi connectivity index (χ3v) is 4.45. The summed E-state index contributed by atoms with van der Waals surface area (Å²) in [7, 11) is 0. The lowest BCUT2D eigenvalue weighted by molar-refractivity contribution is -0.137. The maximum absolute atomic E-state index is 12.6. The van der Waals surface area contributed by atoms with E-state index >= 15 is 0 Å². The maximum atomic E-state index is 12.6. The van der Waals surface area contributed by atoms with Gasteiger partial charge in [0.1, 0.15) is 0 Å². The third-order valence-electron chi connectivity index (χ3n) is 4.14. The Labute approximate surface area is 138 Å². The number of benzene rings is 1. The molecule has 1 aliphatic heterocycles. The zero-order valence-electron chi connectivity index (χ0n) is 13.1. The van der Waals surface area contributed by atoms with Crippen LogP contribution in [0.15, 0.2) is 18.2 Å². The van der Waals surface area contributed by atoms with Crippen molar-refractivity contribution in [1.82, 2.24) is 10.2 Å².